The van der Waals surface area contributed by atoms with E-state index in [1.807, 2.05) is 75.4 Å². The third-order valence-corrected chi connectivity index (χ3v) is 7.89. The number of β-amino-alcohol motifs (C(OH)–C–C–N with tert-alkyl or cyclic N) is 1. The van der Waals surface area contributed by atoms with Gasteiger partial charge in [-0.2, -0.15) is 0 Å². The monoisotopic (exact) mass is 611 g/mol. The Balaban J connectivity index is 1.38. The molecule has 4 N–H and O–H groups in total. The number of hydrogen-bond donors (Lipinski definition) is 4. The van der Waals surface area contributed by atoms with Gasteiger partial charge in [0.15, 0.2) is 5.58 Å². The molecule has 0 saturated heterocycles. The van der Waals surface area contributed by atoms with Crippen molar-refractivity contribution in [1.29, 1.82) is 0 Å². The molecule has 2 atom stereocenters. The maximum Gasteiger partial charge on any atom is 0.252 e. The van der Waals surface area contributed by atoms with Crippen LogP contribution < -0.4 is 20.9 Å². The third-order valence-electron chi connectivity index (χ3n) is 7.89. The number of aryl methyl sites for hydroxylation is 1. The smallest absolute Gasteiger partial charge is 0.252 e. The molecule has 0 saturated carbocycles. The highest BCUT2D eigenvalue weighted by Gasteiger charge is 2.33. The quantitative estimate of drug-likeness (QED) is 0.198. The number of para-hydroxylation sites is 1. The molecule has 1 aliphatic heterocycles. The second-order valence-electron chi connectivity index (χ2n) is 12.2. The number of aliphatic hydroxyl groups is 1. The van der Waals surface area contributed by atoms with Gasteiger partial charge in [-0.15, -0.1) is 0 Å². The minimum absolute atomic E-state index is 0.158. The van der Waals surface area contributed by atoms with E-state index < -0.39 is 17.7 Å². The number of hydrogen-bond acceptors (Lipinski definition) is 7. The maximum atomic E-state index is 14.0. The number of aromatic nitrogens is 1. The lowest BCUT2D eigenvalue weighted by atomic mass is 9.99. The molecule has 0 fully saturated rings. The summed E-state index contributed by atoms with van der Waals surface area (Å²) in [6.07, 6.45) is 0.749. The van der Waals surface area contributed by atoms with Gasteiger partial charge < -0.3 is 30.4 Å². The van der Waals surface area contributed by atoms with Gasteiger partial charge in [-0.1, -0.05) is 36.4 Å². The molecule has 1 unspecified atom stereocenters. The Labute approximate surface area is 263 Å². The lowest BCUT2D eigenvalue weighted by molar-refractivity contribution is -0.128. The number of amides is 3. The Hall–Kier alpha value is -4.54. The number of nitrogens with zero attached hydrogens (tertiary/aromatic N) is 2. The third kappa shape index (κ3) is 7.58. The summed E-state index contributed by atoms with van der Waals surface area (Å²) in [5.41, 5.74) is 4.40. The van der Waals surface area contributed by atoms with Crippen LogP contribution in [0.2, 0.25) is 0 Å². The van der Waals surface area contributed by atoms with Crippen LogP contribution in [0.5, 0.6) is 0 Å². The fourth-order valence-corrected chi connectivity index (χ4v) is 5.64. The Morgan fingerprint density at radius 2 is 1.87 bits per heavy atom. The van der Waals surface area contributed by atoms with Gasteiger partial charge in [-0.25, -0.2) is 4.98 Å². The van der Waals surface area contributed by atoms with Crippen molar-refractivity contribution in [3.63, 3.8) is 0 Å². The Bertz CT molecular complexity index is 1690. The minimum atomic E-state index is -0.689. The number of aliphatic hydroxyl groups excluding tert-OH is 1. The molecule has 2 heterocycles. The van der Waals surface area contributed by atoms with Gasteiger partial charge in [0, 0.05) is 36.3 Å². The number of benzene rings is 3. The summed E-state index contributed by atoms with van der Waals surface area (Å²) in [7, 11) is 0. The van der Waals surface area contributed by atoms with Crippen molar-refractivity contribution >= 4 is 34.5 Å². The SMILES string of the molecule is CCNC(=O)c1ccccc1-c1nc2cc(CN3C(=O)C(NC(=O)CC(C)(C)NC[C@@H](C)O)CCc4ccccc43)ccc2o1. The molecular formula is C35H41N5O5. The summed E-state index contributed by atoms with van der Waals surface area (Å²) in [6.45, 7) is 8.50. The van der Waals surface area contributed by atoms with Crippen molar-refractivity contribution < 1.29 is 23.9 Å². The summed E-state index contributed by atoms with van der Waals surface area (Å²) < 4.78 is 6.06. The molecule has 0 bridgehead atoms. The van der Waals surface area contributed by atoms with Crippen molar-refractivity contribution in [2.75, 3.05) is 18.0 Å². The molecule has 3 aromatic carbocycles. The number of anilines is 1. The summed E-state index contributed by atoms with van der Waals surface area (Å²) in [4.78, 5) is 46.2. The second-order valence-corrected chi connectivity index (χ2v) is 12.2. The van der Waals surface area contributed by atoms with E-state index in [4.69, 9.17) is 9.40 Å². The number of carbonyl (C=O) groups excluding carboxylic acids is 3. The number of rotatable bonds is 11. The molecule has 10 heteroatoms. The van der Waals surface area contributed by atoms with Crippen LogP contribution in [-0.4, -0.2) is 58.6 Å². The summed E-state index contributed by atoms with van der Waals surface area (Å²) in [5, 5.41) is 18.7. The predicted octanol–water partition coefficient (Wildman–Crippen LogP) is 4.35. The van der Waals surface area contributed by atoms with E-state index in [1.165, 1.54) is 0 Å². The minimum Gasteiger partial charge on any atom is -0.436 e. The topological polar surface area (TPSA) is 137 Å². The molecule has 3 amide bonds. The molecule has 5 rings (SSSR count). The van der Waals surface area contributed by atoms with Crippen molar-refractivity contribution in [2.24, 2.45) is 0 Å². The molecule has 4 aromatic rings. The first-order valence-electron chi connectivity index (χ1n) is 15.4. The highest BCUT2D eigenvalue weighted by Crippen LogP contribution is 2.31. The Morgan fingerprint density at radius 1 is 1.11 bits per heavy atom. The summed E-state index contributed by atoms with van der Waals surface area (Å²) in [5.74, 6) is -0.268. The number of oxazole rings is 1. The average molecular weight is 612 g/mol. The molecule has 1 aliphatic rings. The number of fused-ring (bicyclic) bond motifs is 2. The summed E-state index contributed by atoms with van der Waals surface area (Å²) in [6, 6.07) is 19.9. The van der Waals surface area contributed by atoms with Crippen LogP contribution >= 0.6 is 0 Å². The normalized spacial score (nSPS) is 15.8. The van der Waals surface area contributed by atoms with Crippen LogP contribution in [0, 0.1) is 0 Å². The van der Waals surface area contributed by atoms with Crippen LogP contribution in [0.4, 0.5) is 5.69 Å². The van der Waals surface area contributed by atoms with Crippen LogP contribution in [0.3, 0.4) is 0 Å². The zero-order chi connectivity index (χ0) is 32.1. The maximum absolute atomic E-state index is 14.0. The number of nitrogens with one attached hydrogen (secondary N) is 3. The average Bonchev–Trinajstić information content (AvgIpc) is 3.39. The molecule has 0 aliphatic carbocycles. The van der Waals surface area contributed by atoms with Crippen LogP contribution in [0.25, 0.3) is 22.6 Å². The van der Waals surface area contributed by atoms with Crippen molar-refractivity contribution in [3.8, 4) is 11.5 Å². The molecule has 0 radical (unpaired) electrons. The van der Waals surface area contributed by atoms with Gasteiger partial charge in [-0.3, -0.25) is 14.4 Å². The van der Waals surface area contributed by atoms with Crippen LogP contribution in [0.15, 0.2) is 71.1 Å². The fourth-order valence-electron chi connectivity index (χ4n) is 5.64. The van der Waals surface area contributed by atoms with Gasteiger partial charge in [0.25, 0.3) is 5.91 Å². The molecule has 1 aromatic heterocycles. The van der Waals surface area contributed by atoms with E-state index >= 15 is 0 Å². The summed E-state index contributed by atoms with van der Waals surface area (Å²) >= 11 is 0. The van der Waals surface area contributed by atoms with E-state index in [0.29, 0.717) is 54.0 Å². The van der Waals surface area contributed by atoms with Gasteiger partial charge in [-0.05, 0) is 82.0 Å². The van der Waals surface area contributed by atoms with Gasteiger partial charge in [0.2, 0.25) is 17.7 Å². The predicted molar refractivity (Wildman–Crippen MR) is 174 cm³/mol. The standard InChI is InChI=1S/C35H41N5O5/c1-5-36-32(43)25-11-7-8-12-26(25)33-39-28-18-23(14-17-30(28)45-33)21-40-29-13-9-6-10-24(29)15-16-27(34(40)44)38-31(42)19-35(3,4)37-20-22(2)41/h6-14,17-18,22,27,37,41H,5,15-16,19-21H2,1-4H3,(H,36,43)(H,38,42)/t22-,27?/m1/s1. The van der Waals surface area contributed by atoms with Crippen molar-refractivity contribution in [1.82, 2.24) is 20.9 Å². The molecule has 0 spiro atoms. The van der Waals surface area contributed by atoms with Crippen molar-refractivity contribution in [2.45, 2.75) is 71.2 Å². The highest BCUT2D eigenvalue weighted by molar-refractivity contribution is 6.01. The molecule has 45 heavy (non-hydrogen) atoms. The van der Waals surface area contributed by atoms with E-state index in [9.17, 15) is 19.5 Å². The van der Waals surface area contributed by atoms with Crippen LogP contribution in [-0.2, 0) is 22.6 Å². The first-order chi connectivity index (χ1) is 21.5. The van der Waals surface area contributed by atoms with E-state index in [-0.39, 0.29) is 30.7 Å². The fraction of sp³-hybridized carbons (Fsp3) is 0.371. The first kappa shape index (κ1) is 31.9. The second kappa shape index (κ2) is 13.6. The molecule has 10 nitrogen and oxygen atoms in total. The number of carbonyl (C=O) groups is 3. The zero-order valence-electron chi connectivity index (χ0n) is 26.2. The van der Waals surface area contributed by atoms with E-state index in [1.54, 1.807) is 24.0 Å². The molecular weight excluding hydrogens is 570 g/mol. The Kier molecular flexibility index (Phi) is 9.65. The highest BCUT2D eigenvalue weighted by atomic mass is 16.3. The van der Waals surface area contributed by atoms with Gasteiger partial charge in [0.1, 0.15) is 11.6 Å². The zero-order valence-corrected chi connectivity index (χ0v) is 26.2. The van der Waals surface area contributed by atoms with E-state index in [0.717, 1.165) is 16.8 Å². The Morgan fingerprint density at radius 3 is 2.64 bits per heavy atom. The van der Waals surface area contributed by atoms with Crippen LogP contribution in [0.1, 0.15) is 62.0 Å². The first-order valence-corrected chi connectivity index (χ1v) is 15.4. The van der Waals surface area contributed by atoms with E-state index in [2.05, 4.69) is 16.0 Å². The van der Waals surface area contributed by atoms with Gasteiger partial charge in [0.05, 0.1) is 18.2 Å². The largest absolute Gasteiger partial charge is 0.436 e. The lowest BCUT2D eigenvalue weighted by Gasteiger charge is -2.29. The molecule has 236 valence electrons. The lowest BCUT2D eigenvalue weighted by Crippen LogP contribution is -2.51. The van der Waals surface area contributed by atoms with Gasteiger partial charge >= 0.3 is 0 Å². The van der Waals surface area contributed by atoms with Crippen molar-refractivity contribution in [3.05, 3.63) is 83.4 Å².